The summed E-state index contributed by atoms with van der Waals surface area (Å²) < 4.78 is -0.175. The Kier molecular flexibility index (Phi) is 3.61. The standard InChI is InChI=1S/C7H4Cl2INO/c8-4-1-5(9)3-6(2-4)11-7(10)12/h1-3H,(H,11,12). The molecule has 0 fully saturated rings. The van der Waals surface area contributed by atoms with Crippen molar-refractivity contribution in [3.05, 3.63) is 28.2 Å². The second-order valence-corrected chi connectivity index (χ2v) is 3.91. The molecule has 2 nitrogen and oxygen atoms in total. The Morgan fingerprint density at radius 3 is 2.17 bits per heavy atom. The van der Waals surface area contributed by atoms with Crippen LogP contribution in [0.15, 0.2) is 18.2 Å². The molecule has 0 aromatic heterocycles. The minimum Gasteiger partial charge on any atom is -0.317 e. The topological polar surface area (TPSA) is 29.1 Å². The number of anilines is 1. The highest BCUT2D eigenvalue weighted by Gasteiger charge is 1.99. The van der Waals surface area contributed by atoms with Crippen LogP contribution in [0, 0.1) is 0 Å². The number of hydrogen-bond acceptors (Lipinski definition) is 1. The molecule has 0 aliphatic heterocycles. The number of benzene rings is 1. The van der Waals surface area contributed by atoms with Crippen molar-refractivity contribution in [1.29, 1.82) is 0 Å². The summed E-state index contributed by atoms with van der Waals surface area (Å²) in [5.41, 5.74) is 0.604. The molecule has 0 spiro atoms. The summed E-state index contributed by atoms with van der Waals surface area (Å²) in [7, 11) is 0. The van der Waals surface area contributed by atoms with E-state index >= 15 is 0 Å². The SMILES string of the molecule is O=C(I)Nc1cc(Cl)cc(Cl)c1. The highest BCUT2D eigenvalue weighted by Crippen LogP contribution is 2.22. The highest BCUT2D eigenvalue weighted by molar-refractivity contribution is 14.1. The van der Waals surface area contributed by atoms with Gasteiger partial charge in [-0.3, -0.25) is 4.79 Å². The fraction of sp³-hybridized carbons (Fsp3) is 0. The van der Waals surface area contributed by atoms with Crippen LogP contribution in [0.3, 0.4) is 0 Å². The molecule has 12 heavy (non-hydrogen) atoms. The molecule has 0 atom stereocenters. The van der Waals surface area contributed by atoms with Crippen LogP contribution in [-0.4, -0.2) is 3.91 Å². The Labute approximate surface area is 93.4 Å². The summed E-state index contributed by atoms with van der Waals surface area (Å²) in [6.07, 6.45) is 0. The lowest BCUT2D eigenvalue weighted by atomic mass is 10.3. The minimum absolute atomic E-state index is 0.175. The Balaban J connectivity index is 2.93. The van der Waals surface area contributed by atoms with Crippen LogP contribution in [0.4, 0.5) is 10.5 Å². The van der Waals surface area contributed by atoms with E-state index < -0.39 is 0 Å². The van der Waals surface area contributed by atoms with Crippen molar-refractivity contribution in [1.82, 2.24) is 0 Å². The number of carbonyl (C=O) groups is 1. The van der Waals surface area contributed by atoms with E-state index in [1.807, 2.05) is 0 Å². The van der Waals surface area contributed by atoms with Crippen molar-refractivity contribution in [3.63, 3.8) is 0 Å². The van der Waals surface area contributed by atoms with Gasteiger partial charge >= 0.3 is 0 Å². The normalized spacial score (nSPS) is 9.58. The number of hydrogen-bond donors (Lipinski definition) is 1. The first-order valence-electron chi connectivity index (χ1n) is 3.00. The van der Waals surface area contributed by atoms with Crippen LogP contribution in [0.5, 0.6) is 0 Å². The number of carbonyl (C=O) groups excluding carboxylic acids is 1. The lowest BCUT2D eigenvalue weighted by Gasteiger charge is -2.01. The number of rotatable bonds is 1. The second kappa shape index (κ2) is 4.30. The van der Waals surface area contributed by atoms with Gasteiger partial charge in [-0.15, -0.1) is 0 Å². The summed E-state index contributed by atoms with van der Waals surface area (Å²) in [4.78, 5) is 10.6. The maximum Gasteiger partial charge on any atom is 0.284 e. The molecule has 1 aromatic carbocycles. The highest BCUT2D eigenvalue weighted by atomic mass is 127. The van der Waals surface area contributed by atoms with Crippen molar-refractivity contribution in [2.24, 2.45) is 0 Å². The zero-order valence-corrected chi connectivity index (χ0v) is 9.44. The van der Waals surface area contributed by atoms with Gasteiger partial charge in [0.2, 0.25) is 0 Å². The second-order valence-electron chi connectivity index (χ2n) is 2.06. The van der Waals surface area contributed by atoms with Crippen LogP contribution in [0.25, 0.3) is 0 Å². The minimum atomic E-state index is -0.175. The van der Waals surface area contributed by atoms with E-state index in [2.05, 4.69) is 5.32 Å². The van der Waals surface area contributed by atoms with Gasteiger partial charge < -0.3 is 5.32 Å². The largest absolute Gasteiger partial charge is 0.317 e. The van der Waals surface area contributed by atoms with Crippen LogP contribution in [0.2, 0.25) is 10.0 Å². The third-order valence-electron chi connectivity index (χ3n) is 1.11. The van der Waals surface area contributed by atoms with Crippen LogP contribution < -0.4 is 5.32 Å². The van der Waals surface area contributed by atoms with Gasteiger partial charge in [0, 0.05) is 38.3 Å². The Morgan fingerprint density at radius 1 is 1.25 bits per heavy atom. The molecule has 0 radical (unpaired) electrons. The van der Waals surface area contributed by atoms with E-state index in [9.17, 15) is 4.79 Å². The molecule has 1 N–H and O–H groups in total. The van der Waals surface area contributed by atoms with Crippen molar-refractivity contribution in [2.45, 2.75) is 0 Å². The van der Waals surface area contributed by atoms with Crippen molar-refractivity contribution in [3.8, 4) is 0 Å². The monoisotopic (exact) mass is 315 g/mol. The fourth-order valence-corrected chi connectivity index (χ4v) is 1.58. The summed E-state index contributed by atoms with van der Waals surface area (Å²) in [6, 6.07) is 4.86. The van der Waals surface area contributed by atoms with Crippen molar-refractivity contribution < 1.29 is 4.79 Å². The van der Waals surface area contributed by atoms with Crippen molar-refractivity contribution >= 4 is 55.4 Å². The Morgan fingerprint density at radius 2 is 1.75 bits per heavy atom. The molecule has 1 aromatic rings. The maximum atomic E-state index is 10.6. The molecular formula is C7H4Cl2INO. The lowest BCUT2D eigenvalue weighted by molar-refractivity contribution is 0.272. The predicted octanol–water partition coefficient (Wildman–Crippen LogP) is 3.96. The molecule has 5 heteroatoms. The molecule has 0 aliphatic carbocycles. The molecule has 64 valence electrons. The van der Waals surface area contributed by atoms with Gasteiger partial charge in [0.05, 0.1) is 0 Å². The maximum absolute atomic E-state index is 10.6. The van der Waals surface area contributed by atoms with E-state index in [0.717, 1.165) is 0 Å². The van der Waals surface area contributed by atoms with Gasteiger partial charge in [0.1, 0.15) is 0 Å². The van der Waals surface area contributed by atoms with Crippen LogP contribution in [-0.2, 0) is 0 Å². The average Bonchev–Trinajstić information content (AvgIpc) is 1.81. The summed E-state index contributed by atoms with van der Waals surface area (Å²) >= 11 is 13.0. The summed E-state index contributed by atoms with van der Waals surface area (Å²) in [6.45, 7) is 0. The van der Waals surface area contributed by atoms with Crippen LogP contribution in [0.1, 0.15) is 0 Å². The first kappa shape index (κ1) is 10.1. The van der Waals surface area contributed by atoms with Gasteiger partial charge in [-0.25, -0.2) is 0 Å². The molecule has 0 saturated carbocycles. The van der Waals surface area contributed by atoms with Gasteiger partial charge in [0.25, 0.3) is 3.91 Å². The summed E-state index contributed by atoms with van der Waals surface area (Å²) in [5.74, 6) is 0. The van der Waals surface area contributed by atoms with Crippen LogP contribution >= 0.6 is 45.8 Å². The van der Waals surface area contributed by atoms with E-state index in [1.165, 1.54) is 0 Å². The van der Waals surface area contributed by atoms with Gasteiger partial charge in [0.15, 0.2) is 0 Å². The lowest BCUT2D eigenvalue weighted by Crippen LogP contribution is -1.99. The number of nitrogens with one attached hydrogen (secondary N) is 1. The molecule has 0 bridgehead atoms. The molecule has 0 aliphatic rings. The first-order valence-corrected chi connectivity index (χ1v) is 4.84. The van der Waals surface area contributed by atoms with E-state index in [0.29, 0.717) is 15.7 Å². The quantitative estimate of drug-likeness (QED) is 0.474. The van der Waals surface area contributed by atoms with Gasteiger partial charge in [-0.2, -0.15) is 0 Å². The molecule has 1 rings (SSSR count). The third kappa shape index (κ3) is 3.16. The fourth-order valence-electron chi connectivity index (χ4n) is 0.739. The van der Waals surface area contributed by atoms with E-state index in [1.54, 1.807) is 40.8 Å². The first-order chi connectivity index (χ1) is 5.58. The van der Waals surface area contributed by atoms with E-state index in [4.69, 9.17) is 23.2 Å². The molecule has 0 saturated heterocycles. The number of halogens is 3. The molecule has 0 heterocycles. The third-order valence-corrected chi connectivity index (χ3v) is 1.81. The molecular weight excluding hydrogens is 312 g/mol. The average molecular weight is 316 g/mol. The number of amides is 1. The molecule has 0 unspecified atom stereocenters. The zero-order valence-electron chi connectivity index (χ0n) is 5.77. The van der Waals surface area contributed by atoms with Gasteiger partial charge in [-0.1, -0.05) is 23.2 Å². The smallest absolute Gasteiger partial charge is 0.284 e. The Bertz CT molecular complexity index is 296. The molecule has 1 amide bonds. The summed E-state index contributed by atoms with van der Waals surface area (Å²) in [5, 5.41) is 3.57. The zero-order chi connectivity index (χ0) is 9.14. The van der Waals surface area contributed by atoms with Gasteiger partial charge in [-0.05, 0) is 18.2 Å². The van der Waals surface area contributed by atoms with Crippen molar-refractivity contribution in [2.75, 3.05) is 5.32 Å². The predicted molar refractivity (Wildman–Crippen MR) is 59.5 cm³/mol. The van der Waals surface area contributed by atoms with E-state index in [-0.39, 0.29) is 3.91 Å². The Hall–Kier alpha value is -0.000000000000000111.